The largest absolute Gasteiger partial charge is 0.491 e. The number of carbonyl (C=O) groups is 1. The topological polar surface area (TPSA) is 94.2 Å². The van der Waals surface area contributed by atoms with Crippen LogP contribution in [0.25, 0.3) is 0 Å². The number of methoxy groups -OCH3 is 1. The van der Waals surface area contributed by atoms with Crippen LogP contribution in [0.3, 0.4) is 0 Å². The molecular weight excluding hydrogens is 384 g/mol. The lowest BCUT2D eigenvalue weighted by Crippen LogP contribution is -2.37. The van der Waals surface area contributed by atoms with Crippen LogP contribution in [0.1, 0.15) is 12.0 Å². The minimum Gasteiger partial charge on any atom is -0.491 e. The Labute approximate surface area is 178 Å². The van der Waals surface area contributed by atoms with Gasteiger partial charge in [-0.15, -0.1) is 0 Å². The molecule has 0 aliphatic rings. The summed E-state index contributed by atoms with van der Waals surface area (Å²) in [5, 5.41) is 10.4. The lowest BCUT2D eigenvalue weighted by Gasteiger charge is -2.25. The first-order chi connectivity index (χ1) is 14.6. The molecule has 0 radical (unpaired) electrons. The van der Waals surface area contributed by atoms with Crippen LogP contribution < -0.4 is 15.2 Å². The summed E-state index contributed by atoms with van der Waals surface area (Å²) >= 11 is 0. The fourth-order valence-corrected chi connectivity index (χ4v) is 2.98. The molecule has 0 spiro atoms. The highest BCUT2D eigenvalue weighted by atomic mass is 16.5. The molecule has 0 heterocycles. The van der Waals surface area contributed by atoms with E-state index in [0.29, 0.717) is 18.9 Å². The molecule has 2 aromatic carbocycles. The van der Waals surface area contributed by atoms with E-state index < -0.39 is 12.0 Å². The highest BCUT2D eigenvalue weighted by molar-refractivity contribution is 5.75. The van der Waals surface area contributed by atoms with Crippen LogP contribution in [0.5, 0.6) is 11.5 Å². The normalized spacial score (nSPS) is 12.0. The van der Waals surface area contributed by atoms with Crippen LogP contribution in [0.15, 0.2) is 54.6 Å². The zero-order valence-corrected chi connectivity index (χ0v) is 17.5. The quantitative estimate of drug-likeness (QED) is 0.431. The van der Waals surface area contributed by atoms with Gasteiger partial charge >= 0.3 is 0 Å². The zero-order chi connectivity index (χ0) is 21.6. The van der Waals surface area contributed by atoms with Gasteiger partial charge in [0.1, 0.15) is 24.2 Å². The number of hydrogen-bond acceptors (Lipinski definition) is 6. The van der Waals surface area contributed by atoms with Crippen LogP contribution in [-0.2, 0) is 16.0 Å². The number of benzene rings is 2. The van der Waals surface area contributed by atoms with Gasteiger partial charge in [0.05, 0.1) is 0 Å². The number of carbonyl (C=O) groups excluding carboxylic acids is 1. The third-order valence-electron chi connectivity index (χ3n) is 4.50. The minimum atomic E-state index is -0.586. The second-order valence-corrected chi connectivity index (χ2v) is 7.07. The van der Waals surface area contributed by atoms with E-state index in [4.69, 9.17) is 19.9 Å². The number of nitrogens with zero attached hydrogens (tertiary/aromatic N) is 1. The van der Waals surface area contributed by atoms with E-state index in [1.165, 1.54) is 0 Å². The predicted molar refractivity (Wildman–Crippen MR) is 116 cm³/mol. The van der Waals surface area contributed by atoms with Gasteiger partial charge in [-0.1, -0.05) is 30.3 Å². The lowest BCUT2D eigenvalue weighted by atomic mass is 10.1. The number of nitrogens with two attached hydrogens (primary N) is 1. The summed E-state index contributed by atoms with van der Waals surface area (Å²) in [6, 6.07) is 17.1. The van der Waals surface area contributed by atoms with Crippen molar-refractivity contribution in [2.45, 2.75) is 18.9 Å². The third kappa shape index (κ3) is 9.73. The first kappa shape index (κ1) is 23.7. The maximum atomic E-state index is 10.8. The monoisotopic (exact) mass is 416 g/mol. The first-order valence-electron chi connectivity index (χ1n) is 10.1. The highest BCUT2D eigenvalue weighted by Gasteiger charge is 2.13. The van der Waals surface area contributed by atoms with Gasteiger partial charge in [0, 0.05) is 33.4 Å². The van der Waals surface area contributed by atoms with Gasteiger partial charge in [-0.2, -0.15) is 0 Å². The van der Waals surface area contributed by atoms with Crippen molar-refractivity contribution in [3.8, 4) is 11.5 Å². The molecule has 2 aromatic rings. The summed E-state index contributed by atoms with van der Waals surface area (Å²) in [6.45, 7) is 2.95. The standard InChI is InChI=1S/C23H32N2O5/c1-28-15-5-13-25(16-20(26)17-29-21-6-3-2-4-7-21)14-12-19-8-10-22(11-9-19)30-18-23(24)27/h2-4,6-11,20,26H,5,12-18H2,1H3,(H2,24,27)/t20-/m0/s1. The molecule has 0 saturated heterocycles. The van der Waals surface area contributed by atoms with Crippen LogP contribution in [0.4, 0.5) is 0 Å². The Morgan fingerprint density at radius 2 is 1.73 bits per heavy atom. The van der Waals surface area contributed by atoms with Crippen molar-refractivity contribution in [1.82, 2.24) is 4.90 Å². The Hall–Kier alpha value is -2.61. The van der Waals surface area contributed by atoms with Crippen LogP contribution in [-0.4, -0.2) is 68.6 Å². The smallest absolute Gasteiger partial charge is 0.255 e. The molecule has 0 bridgehead atoms. The van der Waals surface area contributed by atoms with E-state index in [1.54, 1.807) is 7.11 Å². The number of hydrogen-bond donors (Lipinski definition) is 2. The Balaban J connectivity index is 1.81. The Kier molecular flexibility index (Phi) is 10.7. The van der Waals surface area contributed by atoms with Gasteiger partial charge in [-0.25, -0.2) is 0 Å². The Bertz CT molecular complexity index is 724. The summed E-state index contributed by atoms with van der Waals surface area (Å²) in [5.74, 6) is 0.865. The van der Waals surface area contributed by atoms with Crippen molar-refractivity contribution in [2.75, 3.05) is 46.6 Å². The summed E-state index contributed by atoms with van der Waals surface area (Å²) in [4.78, 5) is 13.0. The zero-order valence-electron chi connectivity index (χ0n) is 17.5. The molecule has 2 rings (SSSR count). The molecule has 0 saturated carbocycles. The highest BCUT2D eigenvalue weighted by Crippen LogP contribution is 2.13. The minimum absolute atomic E-state index is 0.129. The molecule has 0 aliphatic carbocycles. The molecule has 0 aliphatic heterocycles. The Morgan fingerprint density at radius 3 is 2.40 bits per heavy atom. The summed E-state index contributed by atoms with van der Waals surface area (Å²) in [6.07, 6.45) is 1.13. The molecule has 30 heavy (non-hydrogen) atoms. The number of ether oxygens (including phenoxy) is 3. The van der Waals surface area contributed by atoms with E-state index in [2.05, 4.69) is 4.90 Å². The summed E-state index contributed by atoms with van der Waals surface area (Å²) in [5.41, 5.74) is 6.23. The number of aliphatic hydroxyl groups excluding tert-OH is 1. The van der Waals surface area contributed by atoms with E-state index in [1.807, 2.05) is 54.6 Å². The van der Waals surface area contributed by atoms with Crippen LogP contribution in [0, 0.1) is 0 Å². The van der Waals surface area contributed by atoms with Gasteiger partial charge in [-0.05, 0) is 42.7 Å². The van der Waals surface area contributed by atoms with Crippen molar-refractivity contribution in [2.24, 2.45) is 5.73 Å². The molecule has 1 atom stereocenters. The number of rotatable bonds is 15. The van der Waals surface area contributed by atoms with E-state index in [9.17, 15) is 9.90 Å². The first-order valence-corrected chi connectivity index (χ1v) is 10.1. The van der Waals surface area contributed by atoms with Gasteiger partial charge in [-0.3, -0.25) is 4.79 Å². The molecule has 0 fully saturated rings. The molecular formula is C23H32N2O5. The maximum Gasteiger partial charge on any atom is 0.255 e. The second kappa shape index (κ2) is 13.6. The van der Waals surface area contributed by atoms with Crippen molar-refractivity contribution in [1.29, 1.82) is 0 Å². The molecule has 0 unspecified atom stereocenters. The molecule has 3 N–H and O–H groups in total. The van der Waals surface area contributed by atoms with Crippen molar-refractivity contribution in [3.63, 3.8) is 0 Å². The number of amides is 1. The van der Waals surface area contributed by atoms with Crippen LogP contribution >= 0.6 is 0 Å². The predicted octanol–water partition coefficient (Wildman–Crippen LogP) is 1.87. The fraction of sp³-hybridized carbons (Fsp3) is 0.435. The molecule has 1 amide bonds. The summed E-state index contributed by atoms with van der Waals surface area (Å²) < 4.78 is 16.1. The van der Waals surface area contributed by atoms with Gasteiger partial charge in [0.25, 0.3) is 5.91 Å². The second-order valence-electron chi connectivity index (χ2n) is 7.07. The summed E-state index contributed by atoms with van der Waals surface area (Å²) in [7, 11) is 1.69. The van der Waals surface area contributed by atoms with E-state index in [-0.39, 0.29) is 13.2 Å². The molecule has 0 aromatic heterocycles. The lowest BCUT2D eigenvalue weighted by molar-refractivity contribution is -0.119. The molecule has 7 nitrogen and oxygen atoms in total. The molecule has 7 heteroatoms. The van der Waals surface area contributed by atoms with Crippen molar-refractivity contribution in [3.05, 3.63) is 60.2 Å². The van der Waals surface area contributed by atoms with E-state index >= 15 is 0 Å². The average molecular weight is 417 g/mol. The van der Waals surface area contributed by atoms with E-state index in [0.717, 1.165) is 37.2 Å². The van der Waals surface area contributed by atoms with Gasteiger partial charge < -0.3 is 30.0 Å². The van der Waals surface area contributed by atoms with Gasteiger partial charge in [0.2, 0.25) is 0 Å². The SMILES string of the molecule is COCCCN(CCc1ccc(OCC(N)=O)cc1)C[C@H](O)COc1ccccc1. The van der Waals surface area contributed by atoms with Crippen LogP contribution in [0.2, 0.25) is 0 Å². The third-order valence-corrected chi connectivity index (χ3v) is 4.50. The number of primary amides is 1. The van der Waals surface area contributed by atoms with Gasteiger partial charge in [0.15, 0.2) is 6.61 Å². The Morgan fingerprint density at radius 1 is 1.03 bits per heavy atom. The van der Waals surface area contributed by atoms with Crippen molar-refractivity contribution < 1.29 is 24.1 Å². The fourth-order valence-electron chi connectivity index (χ4n) is 2.98. The number of para-hydroxylation sites is 1. The maximum absolute atomic E-state index is 10.8. The average Bonchev–Trinajstić information content (AvgIpc) is 2.76. The van der Waals surface area contributed by atoms with Crippen molar-refractivity contribution >= 4 is 5.91 Å². The molecule has 164 valence electrons. The number of aliphatic hydroxyl groups is 1.